The fourth-order valence-electron chi connectivity index (χ4n) is 6.45. The van der Waals surface area contributed by atoms with E-state index in [4.69, 9.17) is 0 Å². The molecule has 0 unspecified atom stereocenters. The summed E-state index contributed by atoms with van der Waals surface area (Å²) in [4.78, 5) is 0. The van der Waals surface area contributed by atoms with E-state index in [1.165, 1.54) is 137 Å². The maximum atomic E-state index is 11.5. The number of hydrogen-bond donors (Lipinski definition) is 0. The van der Waals surface area contributed by atoms with Crippen LogP contribution < -0.4 is 0 Å². The molecule has 1 heterocycles. The van der Waals surface area contributed by atoms with Crippen LogP contribution in [0.5, 0.6) is 0 Å². The molecule has 290 valence electrons. The molecule has 0 atom stereocenters. The van der Waals surface area contributed by atoms with Gasteiger partial charge in [0.15, 0.2) is 0 Å². The molecule has 0 amide bonds. The molecule has 0 bridgehead atoms. The van der Waals surface area contributed by atoms with Gasteiger partial charge in [-0.3, -0.25) is 0 Å². The SMILES string of the molecule is CCCCCCCCc1cccc(C2=CC(CCCC)=C(c3cccc(CCCCCCCC)c3)[N+]2=[N-])c1.[CH2-]CCCCC.[CH2-]CCCCC.[Pd+2]. The first-order valence-electron chi connectivity index (χ1n) is 21.2. The van der Waals surface area contributed by atoms with E-state index in [1.54, 1.807) is 0 Å². The van der Waals surface area contributed by atoms with Gasteiger partial charge >= 0.3 is 20.4 Å². The zero-order chi connectivity index (χ0) is 36.7. The minimum Gasteiger partial charge on any atom is -0.493 e. The molecule has 2 aromatic rings. The quantitative estimate of drug-likeness (QED) is 0.0414. The van der Waals surface area contributed by atoms with Crippen molar-refractivity contribution in [3.8, 4) is 0 Å². The van der Waals surface area contributed by atoms with Crippen LogP contribution in [0.25, 0.3) is 16.9 Å². The first kappa shape index (κ1) is 49.2. The van der Waals surface area contributed by atoms with Gasteiger partial charge in [-0.15, -0.1) is 0 Å². The molecular formula is C48H78N2Pd. The van der Waals surface area contributed by atoms with Crippen LogP contribution in [-0.4, -0.2) is 4.70 Å². The van der Waals surface area contributed by atoms with E-state index in [9.17, 15) is 5.53 Å². The van der Waals surface area contributed by atoms with Crippen molar-refractivity contribution in [1.29, 1.82) is 0 Å². The van der Waals surface area contributed by atoms with Gasteiger partial charge in [-0.2, -0.15) is 12.8 Å². The number of unbranched alkanes of at least 4 members (excludes halogenated alkanes) is 17. The Morgan fingerprint density at radius 2 is 0.902 bits per heavy atom. The normalized spacial score (nSPS) is 12.1. The van der Waals surface area contributed by atoms with Crippen molar-refractivity contribution in [2.24, 2.45) is 0 Å². The van der Waals surface area contributed by atoms with E-state index in [1.807, 2.05) is 0 Å². The van der Waals surface area contributed by atoms with Gasteiger partial charge in [-0.1, -0.05) is 168 Å². The van der Waals surface area contributed by atoms with Crippen LogP contribution in [0, 0.1) is 13.8 Å². The Balaban J connectivity index is 0.00000165. The summed E-state index contributed by atoms with van der Waals surface area (Å²) in [5, 5.41) is 0. The number of hydrogen-bond acceptors (Lipinski definition) is 0. The third kappa shape index (κ3) is 22.1. The number of nitrogens with zero attached hydrogens (tertiary/aromatic N) is 2. The molecule has 0 spiro atoms. The molecular weight excluding hydrogens is 711 g/mol. The summed E-state index contributed by atoms with van der Waals surface area (Å²) in [6.07, 6.45) is 33.7. The third-order valence-corrected chi connectivity index (χ3v) is 9.62. The summed E-state index contributed by atoms with van der Waals surface area (Å²) >= 11 is 0. The summed E-state index contributed by atoms with van der Waals surface area (Å²) in [5.41, 5.74) is 19.6. The fourth-order valence-corrected chi connectivity index (χ4v) is 6.45. The van der Waals surface area contributed by atoms with Crippen molar-refractivity contribution in [2.45, 2.75) is 195 Å². The van der Waals surface area contributed by atoms with Gasteiger partial charge in [0, 0.05) is 22.8 Å². The average molecular weight is 790 g/mol. The monoisotopic (exact) mass is 789 g/mol. The number of aryl methyl sites for hydroxylation is 2. The van der Waals surface area contributed by atoms with Crippen LogP contribution in [0.1, 0.15) is 205 Å². The van der Waals surface area contributed by atoms with E-state index in [0.717, 1.165) is 67.5 Å². The second-order valence-electron chi connectivity index (χ2n) is 14.4. The standard InChI is InChI=1S/C36H52N2.2C6H13.Pd/c1-4-7-10-12-14-16-20-30-22-18-25-32(27-30)35-29-34(24-9-6-3)36(38(35)37)33-26-19-23-31(28-33)21-17-15-13-11-8-5-2;2*1-3-5-6-4-2;/h18-19,22-23,25-29H,4-17,20-21,24H2,1-3H3;2*1,3-6H2,2H3;/q;2*-1;+2. The van der Waals surface area contributed by atoms with Crippen LogP contribution >= 0.6 is 0 Å². The van der Waals surface area contributed by atoms with Crippen molar-refractivity contribution in [2.75, 3.05) is 0 Å². The molecule has 0 fully saturated rings. The first-order valence-corrected chi connectivity index (χ1v) is 21.2. The minimum absolute atomic E-state index is 0. The molecule has 2 nitrogen and oxygen atoms in total. The Bertz CT molecular complexity index is 1180. The average Bonchev–Trinajstić information content (AvgIpc) is 3.48. The number of allylic oxidation sites excluding steroid dienone is 2. The molecule has 1 aliphatic heterocycles. The summed E-state index contributed by atoms with van der Waals surface area (Å²) in [6, 6.07) is 17.7. The Kier molecular flexibility index (Phi) is 32.8. The molecule has 0 radical (unpaired) electrons. The van der Waals surface area contributed by atoms with Crippen molar-refractivity contribution in [3.05, 3.63) is 102 Å². The van der Waals surface area contributed by atoms with Crippen molar-refractivity contribution < 1.29 is 25.1 Å². The molecule has 51 heavy (non-hydrogen) atoms. The first-order chi connectivity index (χ1) is 24.5. The van der Waals surface area contributed by atoms with E-state index >= 15 is 0 Å². The van der Waals surface area contributed by atoms with Crippen molar-refractivity contribution >= 4 is 11.4 Å². The van der Waals surface area contributed by atoms with Gasteiger partial charge < -0.3 is 19.4 Å². The summed E-state index contributed by atoms with van der Waals surface area (Å²) in [5.74, 6) is 0. The second kappa shape index (κ2) is 34.0. The van der Waals surface area contributed by atoms with Crippen LogP contribution in [0.15, 0.2) is 60.2 Å². The van der Waals surface area contributed by atoms with E-state index in [0.29, 0.717) is 0 Å². The van der Waals surface area contributed by atoms with Gasteiger partial charge in [0.2, 0.25) is 11.4 Å². The van der Waals surface area contributed by atoms with Gasteiger partial charge in [0.1, 0.15) is 0 Å². The molecule has 3 heteroatoms. The molecule has 0 saturated carbocycles. The zero-order valence-electron chi connectivity index (χ0n) is 34.0. The predicted octanol–water partition coefficient (Wildman–Crippen LogP) is 16.3. The van der Waals surface area contributed by atoms with Gasteiger partial charge in [0.25, 0.3) is 0 Å². The number of rotatable bonds is 25. The third-order valence-electron chi connectivity index (χ3n) is 9.62. The van der Waals surface area contributed by atoms with Crippen LogP contribution in [-0.2, 0) is 33.3 Å². The summed E-state index contributed by atoms with van der Waals surface area (Å²) < 4.78 is 1.47. The molecule has 3 rings (SSSR count). The molecule has 0 saturated heterocycles. The second-order valence-corrected chi connectivity index (χ2v) is 14.4. The Labute approximate surface area is 331 Å². The van der Waals surface area contributed by atoms with Gasteiger partial charge in [0.05, 0.1) is 0 Å². The van der Waals surface area contributed by atoms with E-state index < -0.39 is 0 Å². The van der Waals surface area contributed by atoms with Crippen molar-refractivity contribution in [3.63, 3.8) is 0 Å². The fraction of sp³-hybridized carbons (Fsp3) is 0.625. The minimum atomic E-state index is 0. The summed E-state index contributed by atoms with van der Waals surface area (Å²) in [6.45, 7) is 18.6. The molecule has 0 aliphatic carbocycles. The van der Waals surface area contributed by atoms with Crippen LogP contribution in [0.4, 0.5) is 0 Å². The molecule has 0 N–H and O–H groups in total. The largest absolute Gasteiger partial charge is 2.00 e. The molecule has 2 aromatic carbocycles. The number of benzene rings is 2. The predicted molar refractivity (Wildman–Crippen MR) is 224 cm³/mol. The van der Waals surface area contributed by atoms with Crippen molar-refractivity contribution in [1.82, 2.24) is 0 Å². The Morgan fingerprint density at radius 1 is 0.490 bits per heavy atom. The summed E-state index contributed by atoms with van der Waals surface area (Å²) in [7, 11) is 0. The molecule has 0 aromatic heterocycles. The maximum Gasteiger partial charge on any atom is 2.00 e. The maximum absolute atomic E-state index is 11.5. The Morgan fingerprint density at radius 3 is 1.35 bits per heavy atom. The van der Waals surface area contributed by atoms with E-state index in [2.05, 4.69) is 103 Å². The van der Waals surface area contributed by atoms with E-state index in [-0.39, 0.29) is 20.4 Å². The topological polar surface area (TPSA) is 25.3 Å². The smallest absolute Gasteiger partial charge is 0.493 e. The Hall–Kier alpha value is -1.82. The zero-order valence-corrected chi connectivity index (χ0v) is 35.6. The van der Waals surface area contributed by atoms with Crippen LogP contribution in [0.2, 0.25) is 0 Å². The van der Waals surface area contributed by atoms with Gasteiger partial charge in [-0.25, -0.2) is 4.70 Å². The molecule has 1 aliphatic rings. The van der Waals surface area contributed by atoms with Gasteiger partial charge in [-0.05, 0) is 73.9 Å². The van der Waals surface area contributed by atoms with Crippen LogP contribution in [0.3, 0.4) is 0 Å².